The summed E-state index contributed by atoms with van der Waals surface area (Å²) in [6.45, 7) is 12.7. The van der Waals surface area contributed by atoms with Crippen LogP contribution in [0.15, 0.2) is 0 Å². The molecule has 0 heterocycles. The molecule has 0 aliphatic heterocycles. The molecule has 0 aromatic heterocycles. The van der Waals surface area contributed by atoms with Gasteiger partial charge >= 0.3 is 0 Å². The Kier molecular flexibility index (Phi) is 1.83. The van der Waals surface area contributed by atoms with E-state index < -0.39 is 0 Å². The van der Waals surface area contributed by atoms with Gasteiger partial charge in [0.1, 0.15) is 0 Å². The van der Waals surface area contributed by atoms with Crippen molar-refractivity contribution < 1.29 is 0 Å². The van der Waals surface area contributed by atoms with E-state index in [1.165, 1.54) is 6.42 Å². The van der Waals surface area contributed by atoms with E-state index in [0.717, 1.165) is 17.8 Å². The first kappa shape index (κ1) is 7.11. The molecule has 0 spiro atoms. The van der Waals surface area contributed by atoms with Crippen LogP contribution >= 0.6 is 0 Å². The molecule has 0 N–H and O–H groups in total. The van der Waals surface area contributed by atoms with E-state index in [2.05, 4.69) is 20.8 Å². The topological polar surface area (TPSA) is 0 Å². The van der Waals surface area contributed by atoms with Crippen LogP contribution in [0, 0.1) is 30.6 Å². The first-order valence-corrected chi connectivity index (χ1v) is 3.88. The third kappa shape index (κ3) is 1.12. The van der Waals surface area contributed by atoms with Gasteiger partial charge in [-0.25, -0.2) is 0 Å². The summed E-state index contributed by atoms with van der Waals surface area (Å²) in [5, 5.41) is 0. The Balaban J connectivity index is 2.54. The van der Waals surface area contributed by atoms with Crippen molar-refractivity contribution in [2.24, 2.45) is 23.7 Å². The van der Waals surface area contributed by atoms with E-state index in [1.54, 1.807) is 0 Å². The Hall–Kier alpha value is 0. The van der Waals surface area contributed by atoms with Gasteiger partial charge in [0.05, 0.1) is 0 Å². The highest BCUT2D eigenvalue weighted by Gasteiger charge is 2.32. The number of hydrogen-bond acceptors (Lipinski definition) is 0. The van der Waals surface area contributed by atoms with E-state index in [1.807, 2.05) is 0 Å². The molecule has 52 valence electrons. The second kappa shape index (κ2) is 2.32. The minimum absolute atomic E-state index is 0.458. The molecule has 0 amide bonds. The fourth-order valence-corrected chi connectivity index (χ4v) is 1.86. The van der Waals surface area contributed by atoms with E-state index in [4.69, 9.17) is 6.92 Å². The van der Waals surface area contributed by atoms with Crippen LogP contribution in [-0.4, -0.2) is 0 Å². The Labute approximate surface area is 58.7 Å². The Bertz CT molecular complexity index is 84.2. The molecule has 1 saturated carbocycles. The van der Waals surface area contributed by atoms with Crippen LogP contribution in [0.2, 0.25) is 0 Å². The zero-order chi connectivity index (χ0) is 7.02. The summed E-state index contributed by atoms with van der Waals surface area (Å²) < 4.78 is 0. The average Bonchev–Trinajstić information content (AvgIpc) is 1.98. The molecule has 0 aromatic carbocycles. The smallest absolute Gasteiger partial charge is 0.0312 e. The minimum Gasteiger partial charge on any atom is -0.0622 e. The van der Waals surface area contributed by atoms with E-state index in [0.29, 0.717) is 5.92 Å². The summed E-state index contributed by atoms with van der Waals surface area (Å²) >= 11 is 0. The molecule has 0 aromatic rings. The van der Waals surface area contributed by atoms with Gasteiger partial charge in [0, 0.05) is 0 Å². The lowest BCUT2D eigenvalue weighted by atomic mass is 9.92. The van der Waals surface area contributed by atoms with Gasteiger partial charge in [-0.2, -0.15) is 0 Å². The predicted octanol–water partition coefficient (Wildman–Crippen LogP) is 2.63. The molecule has 4 atom stereocenters. The molecule has 0 saturated heterocycles. The van der Waals surface area contributed by atoms with Crippen molar-refractivity contribution in [3.8, 4) is 0 Å². The molecule has 1 fully saturated rings. The first-order chi connectivity index (χ1) is 4.13. The van der Waals surface area contributed by atoms with Crippen LogP contribution in [0.3, 0.4) is 0 Å². The van der Waals surface area contributed by atoms with Gasteiger partial charge in [-0.05, 0) is 37.0 Å². The fourth-order valence-electron chi connectivity index (χ4n) is 1.86. The molecular weight excluding hydrogens is 108 g/mol. The van der Waals surface area contributed by atoms with Crippen LogP contribution in [-0.2, 0) is 0 Å². The Morgan fingerprint density at radius 1 is 1.11 bits per heavy atom. The van der Waals surface area contributed by atoms with Crippen LogP contribution in [0.25, 0.3) is 0 Å². The molecule has 2 radical (unpaired) electrons. The second-order valence-corrected chi connectivity index (χ2v) is 3.63. The molecule has 4 unspecified atom stereocenters. The largest absolute Gasteiger partial charge is 0.0622 e. The van der Waals surface area contributed by atoms with Gasteiger partial charge in [0.2, 0.25) is 0 Å². The molecule has 0 bridgehead atoms. The normalized spacial score (nSPS) is 52.0. The van der Waals surface area contributed by atoms with Crippen LogP contribution in [0.1, 0.15) is 27.2 Å². The third-order valence-corrected chi connectivity index (χ3v) is 2.91. The van der Waals surface area contributed by atoms with Gasteiger partial charge in [0.15, 0.2) is 0 Å². The SMILES string of the molecule is [CH]C1C(C)CC(C)C1C. The maximum absolute atomic E-state index is 5.91. The van der Waals surface area contributed by atoms with Crippen molar-refractivity contribution in [2.75, 3.05) is 0 Å². The maximum atomic E-state index is 5.91. The Morgan fingerprint density at radius 2 is 1.67 bits per heavy atom. The zero-order valence-corrected chi connectivity index (χ0v) is 6.59. The van der Waals surface area contributed by atoms with Crippen molar-refractivity contribution in [1.82, 2.24) is 0 Å². The summed E-state index contributed by atoms with van der Waals surface area (Å²) in [6, 6.07) is 0. The van der Waals surface area contributed by atoms with Crippen LogP contribution in [0.4, 0.5) is 0 Å². The minimum atomic E-state index is 0.458. The van der Waals surface area contributed by atoms with E-state index >= 15 is 0 Å². The van der Waals surface area contributed by atoms with Gasteiger partial charge < -0.3 is 0 Å². The maximum Gasteiger partial charge on any atom is -0.0312 e. The van der Waals surface area contributed by atoms with Crippen molar-refractivity contribution in [2.45, 2.75) is 27.2 Å². The fraction of sp³-hybridized carbons (Fsp3) is 0.889. The highest BCUT2D eigenvalue weighted by atomic mass is 14.4. The van der Waals surface area contributed by atoms with Crippen LogP contribution < -0.4 is 0 Å². The Morgan fingerprint density at radius 3 is 1.78 bits per heavy atom. The molecule has 1 aliphatic rings. The lowest BCUT2D eigenvalue weighted by Crippen LogP contribution is -2.07. The lowest BCUT2D eigenvalue weighted by molar-refractivity contribution is 0.385. The standard InChI is InChI=1S/C9H16/c1-6-5-7(2)9(4)8(6)3/h3,6-9H,5H2,1-2,4H3. The summed E-state index contributed by atoms with van der Waals surface area (Å²) in [7, 11) is 0. The first-order valence-electron chi connectivity index (χ1n) is 3.88. The third-order valence-electron chi connectivity index (χ3n) is 2.91. The van der Waals surface area contributed by atoms with Crippen LogP contribution in [0.5, 0.6) is 0 Å². The molecule has 1 rings (SSSR count). The summed E-state index contributed by atoms with van der Waals surface area (Å²) in [5.41, 5.74) is 0. The molecule has 0 heteroatoms. The van der Waals surface area contributed by atoms with Gasteiger partial charge in [-0.15, -0.1) is 0 Å². The highest BCUT2D eigenvalue weighted by molar-refractivity contribution is 4.85. The zero-order valence-electron chi connectivity index (χ0n) is 6.59. The molecular formula is C9H16. The number of hydrogen-bond donors (Lipinski definition) is 0. The van der Waals surface area contributed by atoms with Gasteiger partial charge in [0.25, 0.3) is 0 Å². The summed E-state index contributed by atoms with van der Waals surface area (Å²) in [5.74, 6) is 2.78. The van der Waals surface area contributed by atoms with Crippen molar-refractivity contribution in [1.29, 1.82) is 0 Å². The van der Waals surface area contributed by atoms with E-state index in [9.17, 15) is 0 Å². The van der Waals surface area contributed by atoms with Crippen molar-refractivity contribution in [3.63, 3.8) is 0 Å². The monoisotopic (exact) mass is 124 g/mol. The summed E-state index contributed by atoms with van der Waals surface area (Å²) in [6.07, 6.45) is 1.32. The van der Waals surface area contributed by atoms with Gasteiger partial charge in [-0.3, -0.25) is 0 Å². The molecule has 1 aliphatic carbocycles. The van der Waals surface area contributed by atoms with Crippen molar-refractivity contribution >= 4 is 0 Å². The quantitative estimate of drug-likeness (QED) is 0.465. The summed E-state index contributed by atoms with van der Waals surface area (Å²) in [4.78, 5) is 0. The van der Waals surface area contributed by atoms with E-state index in [-0.39, 0.29) is 0 Å². The van der Waals surface area contributed by atoms with Crippen molar-refractivity contribution in [3.05, 3.63) is 6.92 Å². The highest BCUT2D eigenvalue weighted by Crippen LogP contribution is 2.39. The average molecular weight is 124 g/mol. The second-order valence-electron chi connectivity index (χ2n) is 3.63. The number of rotatable bonds is 0. The molecule has 9 heavy (non-hydrogen) atoms. The molecule has 0 nitrogen and oxygen atoms in total. The predicted molar refractivity (Wildman–Crippen MR) is 39.9 cm³/mol. The van der Waals surface area contributed by atoms with Gasteiger partial charge in [-0.1, -0.05) is 20.8 Å². The lowest BCUT2D eigenvalue weighted by Gasteiger charge is -2.13.